The van der Waals surface area contributed by atoms with Crippen LogP contribution in [-0.2, 0) is 6.42 Å². The van der Waals surface area contributed by atoms with Gasteiger partial charge in [0, 0.05) is 13.3 Å². The van der Waals surface area contributed by atoms with Crippen LogP contribution in [0.1, 0.15) is 17.6 Å². The first-order valence-electron chi connectivity index (χ1n) is 2.79. The first-order valence-corrected chi connectivity index (χ1v) is 3.67. The second kappa shape index (κ2) is 2.27. The Morgan fingerprint density at radius 3 is 2.75 bits per heavy atom. The lowest BCUT2D eigenvalue weighted by Gasteiger charge is -1.71. The summed E-state index contributed by atoms with van der Waals surface area (Å²) in [6.45, 7) is 4.24. The summed E-state index contributed by atoms with van der Waals surface area (Å²) in [5.74, 6) is 0. The van der Waals surface area contributed by atoms with Crippen molar-refractivity contribution in [2.24, 2.45) is 0 Å². The topological polar surface area (TPSA) is 14.1 Å². The summed E-state index contributed by atoms with van der Waals surface area (Å²) < 4.78 is 0. The zero-order valence-corrected chi connectivity index (χ0v) is 6.01. The predicted molar refractivity (Wildman–Crippen MR) is 35.0 cm³/mol. The van der Waals surface area contributed by atoms with Crippen molar-refractivity contribution in [3.8, 4) is 0 Å². The summed E-state index contributed by atoms with van der Waals surface area (Å²) in [6, 6.07) is 0. The normalized spacial score (nSPS) is 9.75. The van der Waals surface area contributed by atoms with Gasteiger partial charge in [-0.25, -0.2) is 4.98 Å². The van der Waals surface area contributed by atoms with E-state index in [2.05, 4.69) is 24.2 Å². The maximum atomic E-state index is 3.24. The fraction of sp³-hybridized carbons (Fsp3) is 0.500. The zero-order chi connectivity index (χ0) is 5.98. The Hall–Kier alpha value is -0.370. The highest BCUT2D eigenvalue weighted by atomic mass is 32.1. The van der Waals surface area contributed by atoms with E-state index < -0.39 is 0 Å². The largest absolute Gasteiger partial charge is 0.232 e. The minimum absolute atomic E-state index is 1.12. The molecule has 8 heavy (non-hydrogen) atoms. The second-order valence-electron chi connectivity index (χ2n) is 1.80. The predicted octanol–water partition coefficient (Wildman–Crippen LogP) is 1.43. The number of aromatic amines is 1. The van der Waals surface area contributed by atoms with Crippen molar-refractivity contribution in [2.75, 3.05) is 0 Å². The summed E-state index contributed by atoms with van der Waals surface area (Å²) in [7, 11) is 0. The Morgan fingerprint density at radius 2 is 2.50 bits per heavy atom. The summed E-state index contributed by atoms with van der Waals surface area (Å²) >= 11 is 1.77. The summed E-state index contributed by atoms with van der Waals surface area (Å²) in [5.41, 5.74) is 1.34. The highest BCUT2D eigenvalue weighted by Crippen LogP contribution is 2.01. The van der Waals surface area contributed by atoms with E-state index in [1.165, 1.54) is 10.7 Å². The van der Waals surface area contributed by atoms with Crippen LogP contribution in [0.25, 0.3) is 0 Å². The van der Waals surface area contributed by atoms with Crippen molar-refractivity contribution in [3.05, 3.63) is 16.1 Å². The Balaban J connectivity index is 2.84. The lowest BCUT2D eigenvalue weighted by Crippen LogP contribution is -2.06. The number of rotatable bonds is 1. The molecule has 1 N–H and O–H groups in total. The highest BCUT2D eigenvalue weighted by Gasteiger charge is 1.99. The fourth-order valence-electron chi connectivity index (χ4n) is 0.616. The third kappa shape index (κ3) is 1.07. The molecule has 0 radical (unpaired) electrons. The summed E-state index contributed by atoms with van der Waals surface area (Å²) in [4.78, 5) is 3.24. The van der Waals surface area contributed by atoms with Crippen LogP contribution < -0.4 is 4.98 Å². The standard InChI is InChI=1S/C6H9NS/c1-3-6-4-8-5(2)7-6/h4H,3H2,1-2H3/p+1. The van der Waals surface area contributed by atoms with Gasteiger partial charge >= 0.3 is 0 Å². The van der Waals surface area contributed by atoms with Gasteiger partial charge in [0.15, 0.2) is 5.69 Å². The number of hydrogen-bond donors (Lipinski definition) is 0. The lowest BCUT2D eigenvalue weighted by molar-refractivity contribution is -0.391. The van der Waals surface area contributed by atoms with Crippen LogP contribution in [0.5, 0.6) is 0 Å². The molecule has 1 heterocycles. The number of H-pyrrole nitrogens is 1. The van der Waals surface area contributed by atoms with Crippen LogP contribution in [0.2, 0.25) is 0 Å². The molecule has 0 saturated carbocycles. The van der Waals surface area contributed by atoms with Crippen molar-refractivity contribution in [3.63, 3.8) is 0 Å². The van der Waals surface area contributed by atoms with E-state index in [9.17, 15) is 0 Å². The van der Waals surface area contributed by atoms with Crippen LogP contribution in [0.3, 0.4) is 0 Å². The van der Waals surface area contributed by atoms with Crippen molar-refractivity contribution < 1.29 is 4.98 Å². The quantitative estimate of drug-likeness (QED) is 0.543. The van der Waals surface area contributed by atoms with Gasteiger partial charge in [-0.05, 0) is 0 Å². The molecule has 0 aliphatic heterocycles. The van der Waals surface area contributed by atoms with Crippen molar-refractivity contribution in [1.82, 2.24) is 0 Å². The number of aryl methyl sites for hydroxylation is 2. The van der Waals surface area contributed by atoms with Crippen molar-refractivity contribution in [2.45, 2.75) is 20.3 Å². The van der Waals surface area contributed by atoms with Crippen molar-refractivity contribution >= 4 is 11.3 Å². The Bertz CT molecular complexity index is 169. The molecular weight excluding hydrogens is 118 g/mol. The molecule has 0 atom stereocenters. The Kier molecular flexibility index (Phi) is 1.63. The van der Waals surface area contributed by atoms with Gasteiger partial charge in [0.1, 0.15) is 0 Å². The van der Waals surface area contributed by atoms with E-state index in [-0.39, 0.29) is 0 Å². The Morgan fingerprint density at radius 1 is 1.75 bits per heavy atom. The minimum Gasteiger partial charge on any atom is -0.203 e. The first kappa shape index (κ1) is 5.76. The van der Waals surface area contributed by atoms with Gasteiger partial charge in [0.25, 0.3) is 0 Å². The molecule has 0 bridgehead atoms. The molecule has 0 aliphatic rings. The minimum atomic E-state index is 1.12. The van der Waals surface area contributed by atoms with Crippen LogP contribution in [0, 0.1) is 6.92 Å². The SMILES string of the molecule is CCc1csc(C)[nH+]1. The molecule has 0 unspecified atom stereocenters. The number of nitrogens with one attached hydrogen (secondary N) is 1. The third-order valence-electron chi connectivity index (χ3n) is 1.10. The van der Waals surface area contributed by atoms with E-state index in [1.807, 2.05) is 0 Å². The van der Waals surface area contributed by atoms with Gasteiger partial charge in [-0.2, -0.15) is 0 Å². The lowest BCUT2D eigenvalue weighted by atomic mass is 10.4. The highest BCUT2D eigenvalue weighted by molar-refractivity contribution is 7.09. The van der Waals surface area contributed by atoms with E-state index in [1.54, 1.807) is 11.3 Å². The van der Waals surface area contributed by atoms with Gasteiger partial charge in [-0.1, -0.05) is 18.3 Å². The zero-order valence-electron chi connectivity index (χ0n) is 5.19. The Labute approximate surface area is 53.4 Å². The molecule has 0 saturated heterocycles. The van der Waals surface area contributed by atoms with Crippen LogP contribution in [-0.4, -0.2) is 0 Å². The molecular formula is C6H10NS+. The molecule has 1 rings (SSSR count). The van der Waals surface area contributed by atoms with Gasteiger partial charge in [0.05, 0.1) is 5.38 Å². The van der Waals surface area contributed by atoms with Gasteiger partial charge in [-0.15, -0.1) is 0 Å². The van der Waals surface area contributed by atoms with Gasteiger partial charge in [0.2, 0.25) is 5.01 Å². The fourth-order valence-corrected chi connectivity index (χ4v) is 1.35. The first-order chi connectivity index (χ1) is 3.83. The van der Waals surface area contributed by atoms with E-state index in [0.717, 1.165) is 6.42 Å². The van der Waals surface area contributed by atoms with E-state index >= 15 is 0 Å². The van der Waals surface area contributed by atoms with Gasteiger partial charge in [-0.3, -0.25) is 0 Å². The summed E-state index contributed by atoms with van der Waals surface area (Å²) in [6.07, 6.45) is 1.12. The molecule has 0 aliphatic carbocycles. The summed E-state index contributed by atoms with van der Waals surface area (Å²) in [5, 5.41) is 3.46. The maximum absolute atomic E-state index is 3.24. The molecule has 2 heteroatoms. The molecule has 0 aromatic carbocycles. The maximum Gasteiger partial charge on any atom is 0.232 e. The smallest absolute Gasteiger partial charge is 0.203 e. The third-order valence-corrected chi connectivity index (χ3v) is 1.95. The molecule has 0 amide bonds. The number of thiazole rings is 1. The van der Waals surface area contributed by atoms with Crippen molar-refractivity contribution in [1.29, 1.82) is 0 Å². The van der Waals surface area contributed by atoms with Crippen LogP contribution in [0.15, 0.2) is 5.38 Å². The molecule has 1 aromatic rings. The van der Waals surface area contributed by atoms with Crippen LogP contribution in [0.4, 0.5) is 0 Å². The number of aromatic nitrogens is 1. The monoisotopic (exact) mass is 128 g/mol. The molecule has 1 nitrogen and oxygen atoms in total. The molecule has 44 valence electrons. The molecule has 0 fully saturated rings. The second-order valence-corrected chi connectivity index (χ2v) is 2.88. The van der Waals surface area contributed by atoms with E-state index in [0.29, 0.717) is 0 Å². The van der Waals surface area contributed by atoms with E-state index in [4.69, 9.17) is 0 Å². The van der Waals surface area contributed by atoms with Gasteiger partial charge < -0.3 is 0 Å². The number of hydrogen-bond acceptors (Lipinski definition) is 1. The van der Waals surface area contributed by atoms with Crippen LogP contribution >= 0.6 is 11.3 Å². The molecule has 0 spiro atoms. The average Bonchev–Trinajstić information content (AvgIpc) is 2.14. The molecule has 1 aromatic heterocycles. The average molecular weight is 128 g/mol.